The normalized spacial score (nSPS) is 15.8. The van der Waals surface area contributed by atoms with Gasteiger partial charge in [0.2, 0.25) is 5.91 Å². The van der Waals surface area contributed by atoms with Crippen LogP contribution in [-0.4, -0.2) is 28.5 Å². The van der Waals surface area contributed by atoms with Crippen LogP contribution in [0.5, 0.6) is 0 Å². The zero-order chi connectivity index (χ0) is 21.5. The molecule has 0 aliphatic carbocycles. The third-order valence-corrected chi connectivity index (χ3v) is 6.61. The van der Waals surface area contributed by atoms with Crippen LogP contribution < -0.4 is 10.6 Å². The second kappa shape index (κ2) is 7.90. The molecule has 1 atom stereocenters. The van der Waals surface area contributed by atoms with Gasteiger partial charge < -0.3 is 10.6 Å². The fraction of sp³-hybridized carbons (Fsp3) is 0.174. The number of carbonyl (C=O) groups is 1. The smallest absolute Gasteiger partial charge is 0.240 e. The first-order chi connectivity index (χ1) is 15.0. The Balaban J connectivity index is 1.49. The molecule has 0 unspecified atom stereocenters. The van der Waals surface area contributed by atoms with Crippen LogP contribution in [0.4, 0.5) is 10.2 Å². The third kappa shape index (κ3) is 3.64. The Morgan fingerprint density at radius 1 is 1.26 bits per heavy atom. The maximum absolute atomic E-state index is 15.6. The molecule has 0 bridgehead atoms. The fourth-order valence-electron chi connectivity index (χ4n) is 3.94. The Hall–Kier alpha value is -3.03. The highest BCUT2D eigenvalue weighted by atomic mass is 35.5. The number of aromatic nitrogens is 2. The number of carbonyl (C=O) groups excluding carboxylic acids is 1. The standard InChI is InChI=1S/C23H18ClFN4OS/c24-16-3-1-2-14(9-16)20-21(25)15(10-18-22(20)28-12-31-18)8-13-4-5-19(27-11-13)29-7-6-17(29)23(26)30/h1-5,9-12,17H,6-8H2,(H2,26,30)/t17-/m0/s1. The van der Waals surface area contributed by atoms with E-state index in [2.05, 4.69) is 9.97 Å². The van der Waals surface area contributed by atoms with Gasteiger partial charge in [-0.3, -0.25) is 4.79 Å². The molecule has 31 heavy (non-hydrogen) atoms. The van der Waals surface area contributed by atoms with E-state index in [-0.39, 0.29) is 17.8 Å². The van der Waals surface area contributed by atoms with E-state index in [1.807, 2.05) is 29.2 Å². The van der Waals surface area contributed by atoms with Crippen LogP contribution in [0.1, 0.15) is 17.5 Å². The van der Waals surface area contributed by atoms with Crippen LogP contribution >= 0.6 is 22.9 Å². The van der Waals surface area contributed by atoms with E-state index in [4.69, 9.17) is 17.3 Å². The maximum atomic E-state index is 15.6. The van der Waals surface area contributed by atoms with Gasteiger partial charge in [-0.05, 0) is 47.4 Å². The van der Waals surface area contributed by atoms with Crippen LogP contribution in [0, 0.1) is 5.82 Å². The average molecular weight is 453 g/mol. The molecule has 0 radical (unpaired) electrons. The lowest BCUT2D eigenvalue weighted by Crippen LogP contribution is -2.55. The van der Waals surface area contributed by atoms with Crippen molar-refractivity contribution in [3.8, 4) is 11.1 Å². The number of pyridine rings is 1. The molecule has 2 N–H and O–H groups in total. The summed E-state index contributed by atoms with van der Waals surface area (Å²) >= 11 is 7.62. The van der Waals surface area contributed by atoms with Crippen molar-refractivity contribution in [1.82, 2.24) is 9.97 Å². The molecule has 1 aliphatic rings. The van der Waals surface area contributed by atoms with Crippen molar-refractivity contribution in [3.05, 3.63) is 76.1 Å². The van der Waals surface area contributed by atoms with Crippen molar-refractivity contribution in [2.45, 2.75) is 18.9 Å². The number of anilines is 1. The topological polar surface area (TPSA) is 72.1 Å². The summed E-state index contributed by atoms with van der Waals surface area (Å²) in [5.41, 5.74) is 10.4. The molecule has 0 saturated carbocycles. The number of halogens is 2. The minimum Gasteiger partial charge on any atom is -0.368 e. The molecule has 3 heterocycles. The second-order valence-electron chi connectivity index (χ2n) is 7.54. The molecular weight excluding hydrogens is 435 g/mol. The first-order valence-electron chi connectivity index (χ1n) is 9.82. The second-order valence-corrected chi connectivity index (χ2v) is 8.86. The number of fused-ring (bicyclic) bond motifs is 1. The van der Waals surface area contributed by atoms with E-state index in [1.165, 1.54) is 11.3 Å². The number of primary amides is 1. The van der Waals surface area contributed by atoms with Gasteiger partial charge in [-0.2, -0.15) is 0 Å². The molecule has 1 amide bonds. The van der Waals surface area contributed by atoms with Gasteiger partial charge in [0.1, 0.15) is 17.7 Å². The number of nitrogens with two attached hydrogens (primary N) is 1. The number of hydrogen-bond donors (Lipinski definition) is 1. The van der Waals surface area contributed by atoms with Gasteiger partial charge in [0, 0.05) is 29.7 Å². The van der Waals surface area contributed by atoms with Crippen LogP contribution in [0.15, 0.2) is 54.2 Å². The monoisotopic (exact) mass is 452 g/mol. The third-order valence-electron chi connectivity index (χ3n) is 5.60. The Morgan fingerprint density at radius 2 is 2.13 bits per heavy atom. The number of thiazole rings is 1. The Labute approximate surface area is 187 Å². The van der Waals surface area contributed by atoms with Gasteiger partial charge in [0.25, 0.3) is 0 Å². The lowest BCUT2D eigenvalue weighted by atomic mass is 9.97. The van der Waals surface area contributed by atoms with Gasteiger partial charge in [0.05, 0.1) is 15.7 Å². The molecule has 1 aliphatic heterocycles. The first kappa shape index (κ1) is 19.9. The highest BCUT2D eigenvalue weighted by Gasteiger charge is 2.33. The highest BCUT2D eigenvalue weighted by molar-refractivity contribution is 7.16. The van der Waals surface area contributed by atoms with Crippen molar-refractivity contribution in [3.63, 3.8) is 0 Å². The predicted molar refractivity (Wildman–Crippen MR) is 122 cm³/mol. The van der Waals surface area contributed by atoms with Gasteiger partial charge in [-0.1, -0.05) is 29.8 Å². The SMILES string of the molecule is NC(=O)[C@@H]1CCN1c1ccc(Cc2cc3scnc3c(-c3cccc(Cl)c3)c2F)cn1. The average Bonchev–Trinajstić information content (AvgIpc) is 3.16. The number of amides is 1. The summed E-state index contributed by atoms with van der Waals surface area (Å²) in [5, 5.41) is 0.547. The zero-order valence-electron chi connectivity index (χ0n) is 16.4. The van der Waals surface area contributed by atoms with E-state index in [1.54, 1.807) is 29.9 Å². The molecule has 1 saturated heterocycles. The highest BCUT2D eigenvalue weighted by Crippen LogP contribution is 2.36. The molecule has 0 spiro atoms. The molecule has 8 heteroatoms. The zero-order valence-corrected chi connectivity index (χ0v) is 18.0. The van der Waals surface area contributed by atoms with Crippen LogP contribution in [0.3, 0.4) is 0 Å². The number of nitrogens with zero attached hydrogens (tertiary/aromatic N) is 3. The Morgan fingerprint density at radius 3 is 2.81 bits per heavy atom. The molecule has 2 aromatic carbocycles. The summed E-state index contributed by atoms with van der Waals surface area (Å²) in [4.78, 5) is 22.2. The minimum absolute atomic E-state index is 0.301. The van der Waals surface area contributed by atoms with Crippen molar-refractivity contribution >= 4 is 44.9 Å². The van der Waals surface area contributed by atoms with Crippen molar-refractivity contribution in [2.75, 3.05) is 11.4 Å². The number of benzene rings is 2. The molecule has 156 valence electrons. The van der Waals surface area contributed by atoms with Crippen LogP contribution in [0.25, 0.3) is 21.3 Å². The van der Waals surface area contributed by atoms with E-state index in [0.29, 0.717) is 39.5 Å². The van der Waals surface area contributed by atoms with Gasteiger partial charge in [0.15, 0.2) is 0 Å². The van der Waals surface area contributed by atoms with Crippen molar-refractivity contribution in [2.24, 2.45) is 5.73 Å². The molecule has 2 aromatic heterocycles. The number of hydrogen-bond acceptors (Lipinski definition) is 5. The summed E-state index contributed by atoms with van der Waals surface area (Å²) < 4.78 is 16.6. The molecule has 5 rings (SSSR count). The maximum Gasteiger partial charge on any atom is 0.240 e. The summed E-state index contributed by atoms with van der Waals surface area (Å²) in [6, 6.07) is 12.5. The first-order valence-corrected chi connectivity index (χ1v) is 11.1. The summed E-state index contributed by atoms with van der Waals surface area (Å²) in [7, 11) is 0. The predicted octanol–water partition coefficient (Wildman–Crippen LogP) is 4.81. The quantitative estimate of drug-likeness (QED) is 0.472. The molecule has 4 aromatic rings. The van der Waals surface area contributed by atoms with Crippen molar-refractivity contribution < 1.29 is 9.18 Å². The Kier molecular flexibility index (Phi) is 5.08. The van der Waals surface area contributed by atoms with E-state index in [0.717, 1.165) is 23.2 Å². The van der Waals surface area contributed by atoms with Crippen LogP contribution in [0.2, 0.25) is 5.02 Å². The Bertz CT molecular complexity index is 1290. The minimum atomic E-state index is -0.342. The van der Waals surface area contributed by atoms with Crippen LogP contribution in [-0.2, 0) is 11.2 Å². The van der Waals surface area contributed by atoms with Gasteiger partial charge >= 0.3 is 0 Å². The number of rotatable bonds is 5. The molecule has 1 fully saturated rings. The summed E-state index contributed by atoms with van der Waals surface area (Å²) in [6.45, 7) is 0.750. The van der Waals surface area contributed by atoms with Gasteiger partial charge in [-0.25, -0.2) is 14.4 Å². The van der Waals surface area contributed by atoms with Crippen molar-refractivity contribution in [1.29, 1.82) is 0 Å². The fourth-order valence-corrected chi connectivity index (χ4v) is 4.87. The lowest BCUT2D eigenvalue weighted by molar-refractivity contribution is -0.120. The van der Waals surface area contributed by atoms with E-state index >= 15 is 4.39 Å². The van der Waals surface area contributed by atoms with E-state index in [9.17, 15) is 4.79 Å². The summed E-state index contributed by atoms with van der Waals surface area (Å²) in [6.07, 6.45) is 2.85. The summed E-state index contributed by atoms with van der Waals surface area (Å²) in [5.74, 6) is 0.0590. The van der Waals surface area contributed by atoms with E-state index < -0.39 is 0 Å². The lowest BCUT2D eigenvalue weighted by Gasteiger charge is -2.39. The molecule has 5 nitrogen and oxygen atoms in total. The largest absolute Gasteiger partial charge is 0.368 e. The molecular formula is C23H18ClFN4OS. The van der Waals surface area contributed by atoms with Gasteiger partial charge in [-0.15, -0.1) is 11.3 Å².